The fourth-order valence-electron chi connectivity index (χ4n) is 12.0. The first-order valence-electron chi connectivity index (χ1n) is 37.6. The van der Waals surface area contributed by atoms with Crippen LogP contribution in [0.15, 0.2) is 24.3 Å². The zero-order chi connectivity index (χ0) is 59.2. The summed E-state index contributed by atoms with van der Waals surface area (Å²) in [5.41, 5.74) is 0. The maximum Gasteiger partial charge on any atom is 0.305 e. The van der Waals surface area contributed by atoms with Crippen LogP contribution < -0.4 is 5.32 Å². The predicted molar refractivity (Wildman–Crippen MR) is 361 cm³/mol. The normalized spacial score (nSPS) is 12.6. The van der Waals surface area contributed by atoms with Gasteiger partial charge in [0.25, 0.3) is 0 Å². The zero-order valence-electron chi connectivity index (χ0n) is 55.8. The van der Waals surface area contributed by atoms with Gasteiger partial charge in [-0.2, -0.15) is 0 Å². The number of unbranched alkanes of at least 4 members (excludes halogenated alkanes) is 58. The molecule has 0 aromatic heterocycles. The largest absolute Gasteiger partial charge is 0.466 e. The second kappa shape index (κ2) is 71.8. The molecule has 1 amide bonds. The minimum Gasteiger partial charge on any atom is -0.466 e. The standard InChI is InChI=1S/C76H147NO5/c1-3-5-7-9-11-13-15-17-19-21-37-40-44-48-52-56-60-64-68-74(79)73(72-78)77-75(80)69-65-61-57-53-49-45-41-38-34-32-30-28-26-24-22-23-25-27-29-31-33-35-39-43-47-51-55-59-63-67-71-82-76(81)70-66-62-58-54-50-46-42-36-20-18-16-14-12-10-8-6-4-2/h18,20,64,68,73-74,78-79H,3-17,19,21-63,65-67,69-72H2,1-2H3,(H,77,80)/b20-18-,68-64+. The molecule has 2 atom stereocenters. The van der Waals surface area contributed by atoms with Gasteiger partial charge in [0.1, 0.15) is 0 Å². The molecule has 0 fully saturated rings. The molecule has 82 heavy (non-hydrogen) atoms. The van der Waals surface area contributed by atoms with Crippen LogP contribution in [0.3, 0.4) is 0 Å². The zero-order valence-corrected chi connectivity index (χ0v) is 55.8. The van der Waals surface area contributed by atoms with Crippen molar-refractivity contribution >= 4 is 11.9 Å². The van der Waals surface area contributed by atoms with Crippen molar-refractivity contribution in [1.29, 1.82) is 0 Å². The first-order chi connectivity index (χ1) is 40.5. The van der Waals surface area contributed by atoms with Crippen LogP contribution in [0, 0.1) is 0 Å². The van der Waals surface area contributed by atoms with Gasteiger partial charge in [-0.05, 0) is 57.8 Å². The summed E-state index contributed by atoms with van der Waals surface area (Å²) in [6.07, 6.45) is 91.4. The lowest BCUT2D eigenvalue weighted by atomic mass is 10.0. The second-order valence-corrected chi connectivity index (χ2v) is 26.0. The van der Waals surface area contributed by atoms with Crippen molar-refractivity contribution in [3.63, 3.8) is 0 Å². The Morgan fingerprint density at radius 2 is 0.573 bits per heavy atom. The number of allylic oxidation sites excluding steroid dienone is 3. The summed E-state index contributed by atoms with van der Waals surface area (Å²) in [4.78, 5) is 24.6. The van der Waals surface area contributed by atoms with Gasteiger partial charge in [0.15, 0.2) is 0 Å². The molecule has 0 aliphatic heterocycles. The van der Waals surface area contributed by atoms with Crippen molar-refractivity contribution in [2.45, 2.75) is 437 Å². The molecule has 0 aliphatic carbocycles. The van der Waals surface area contributed by atoms with E-state index in [9.17, 15) is 19.8 Å². The van der Waals surface area contributed by atoms with Crippen LogP contribution in [0.5, 0.6) is 0 Å². The molecule has 0 radical (unpaired) electrons. The van der Waals surface area contributed by atoms with E-state index < -0.39 is 12.1 Å². The Morgan fingerprint density at radius 3 is 0.866 bits per heavy atom. The highest BCUT2D eigenvalue weighted by Gasteiger charge is 2.18. The molecule has 0 rings (SSSR count). The maximum atomic E-state index is 12.5. The van der Waals surface area contributed by atoms with Gasteiger partial charge in [-0.25, -0.2) is 0 Å². The molecule has 486 valence electrons. The van der Waals surface area contributed by atoms with Crippen LogP contribution in [0.25, 0.3) is 0 Å². The SMILES string of the molecule is CCCCCCCC/C=C\CCCCCCCCCC(=O)OCCCCCCCCCCCCCCCCCCCCCCCCCCCCCCCCC(=O)NC(CO)C(O)/C=C/CCCCCCCCCCCCCCCCCC. The van der Waals surface area contributed by atoms with Gasteiger partial charge in [-0.15, -0.1) is 0 Å². The molecule has 0 saturated carbocycles. The predicted octanol–water partition coefficient (Wildman–Crippen LogP) is 24.5. The van der Waals surface area contributed by atoms with Crippen LogP contribution in [0.1, 0.15) is 425 Å². The highest BCUT2D eigenvalue weighted by Crippen LogP contribution is 2.19. The number of nitrogens with one attached hydrogen (secondary N) is 1. The lowest BCUT2D eigenvalue weighted by Gasteiger charge is -2.20. The Hall–Kier alpha value is -1.66. The summed E-state index contributed by atoms with van der Waals surface area (Å²) in [6.45, 7) is 4.94. The molecule has 0 heterocycles. The van der Waals surface area contributed by atoms with Crippen LogP contribution in [0.2, 0.25) is 0 Å². The molecule has 0 spiro atoms. The van der Waals surface area contributed by atoms with Crippen molar-refractivity contribution in [2.24, 2.45) is 0 Å². The number of hydrogen-bond donors (Lipinski definition) is 3. The molecule has 0 bridgehead atoms. The molecular weight excluding hydrogens is 1010 g/mol. The number of carbonyl (C=O) groups is 2. The van der Waals surface area contributed by atoms with Gasteiger partial charge in [-0.1, -0.05) is 378 Å². The van der Waals surface area contributed by atoms with E-state index in [4.69, 9.17) is 4.74 Å². The number of esters is 1. The van der Waals surface area contributed by atoms with Crippen molar-refractivity contribution in [2.75, 3.05) is 13.2 Å². The Bertz CT molecular complexity index is 1280. The van der Waals surface area contributed by atoms with E-state index in [2.05, 4.69) is 31.3 Å². The minimum absolute atomic E-state index is 0.0173. The number of hydrogen-bond acceptors (Lipinski definition) is 5. The Kier molecular flexibility index (Phi) is 70.4. The minimum atomic E-state index is -0.842. The van der Waals surface area contributed by atoms with Gasteiger partial charge >= 0.3 is 5.97 Å². The highest BCUT2D eigenvalue weighted by atomic mass is 16.5. The average molecular weight is 1160 g/mol. The van der Waals surface area contributed by atoms with E-state index in [1.807, 2.05) is 6.08 Å². The Labute approximate surface area is 513 Å². The van der Waals surface area contributed by atoms with Crippen LogP contribution in [-0.4, -0.2) is 47.4 Å². The number of rotatable bonds is 71. The second-order valence-electron chi connectivity index (χ2n) is 26.0. The smallest absolute Gasteiger partial charge is 0.305 e. The molecule has 6 heteroatoms. The number of aliphatic hydroxyl groups is 2. The van der Waals surface area contributed by atoms with E-state index in [1.165, 1.54) is 353 Å². The number of aliphatic hydroxyl groups excluding tert-OH is 2. The summed E-state index contributed by atoms with van der Waals surface area (Å²) in [7, 11) is 0. The quantitative estimate of drug-likeness (QED) is 0.0320. The van der Waals surface area contributed by atoms with Gasteiger partial charge in [0, 0.05) is 12.8 Å². The van der Waals surface area contributed by atoms with E-state index in [1.54, 1.807) is 6.08 Å². The van der Waals surface area contributed by atoms with Gasteiger partial charge in [-0.3, -0.25) is 9.59 Å². The summed E-state index contributed by atoms with van der Waals surface area (Å²) >= 11 is 0. The Morgan fingerprint density at radius 1 is 0.329 bits per heavy atom. The molecular formula is C76H147NO5. The summed E-state index contributed by atoms with van der Waals surface area (Å²) < 4.78 is 5.51. The molecule has 0 aromatic carbocycles. The van der Waals surface area contributed by atoms with Crippen molar-refractivity contribution in [1.82, 2.24) is 5.32 Å². The average Bonchev–Trinajstić information content (AvgIpc) is 3.48. The summed E-state index contributed by atoms with van der Waals surface area (Å²) in [5.74, 6) is -0.0429. The maximum absolute atomic E-state index is 12.5. The van der Waals surface area contributed by atoms with Crippen molar-refractivity contribution in [3.8, 4) is 0 Å². The number of amides is 1. The van der Waals surface area contributed by atoms with Gasteiger partial charge in [0.05, 0.1) is 25.4 Å². The highest BCUT2D eigenvalue weighted by molar-refractivity contribution is 5.76. The van der Waals surface area contributed by atoms with Gasteiger partial charge in [0.2, 0.25) is 5.91 Å². The lowest BCUT2D eigenvalue weighted by Crippen LogP contribution is -2.45. The summed E-state index contributed by atoms with van der Waals surface area (Å²) in [5, 5.41) is 23.2. The third-order valence-electron chi connectivity index (χ3n) is 17.7. The molecule has 0 saturated heterocycles. The fraction of sp³-hybridized carbons (Fsp3) is 0.921. The van der Waals surface area contributed by atoms with Crippen LogP contribution >= 0.6 is 0 Å². The number of carbonyl (C=O) groups excluding carboxylic acids is 2. The van der Waals surface area contributed by atoms with Crippen molar-refractivity contribution < 1.29 is 24.5 Å². The van der Waals surface area contributed by atoms with E-state index >= 15 is 0 Å². The lowest BCUT2D eigenvalue weighted by molar-refractivity contribution is -0.143. The first kappa shape index (κ1) is 80.3. The van der Waals surface area contributed by atoms with E-state index in [-0.39, 0.29) is 18.5 Å². The fourth-order valence-corrected chi connectivity index (χ4v) is 12.0. The molecule has 6 nitrogen and oxygen atoms in total. The van der Waals surface area contributed by atoms with Gasteiger partial charge < -0.3 is 20.3 Å². The topological polar surface area (TPSA) is 95.9 Å². The third kappa shape index (κ3) is 67.5. The Balaban J connectivity index is 3.34. The monoisotopic (exact) mass is 1150 g/mol. The molecule has 0 aliphatic rings. The van der Waals surface area contributed by atoms with Crippen LogP contribution in [0.4, 0.5) is 0 Å². The summed E-state index contributed by atoms with van der Waals surface area (Å²) in [6, 6.07) is -0.625. The number of ether oxygens (including phenoxy) is 1. The van der Waals surface area contributed by atoms with E-state index in [0.717, 1.165) is 44.9 Å². The third-order valence-corrected chi connectivity index (χ3v) is 17.7. The first-order valence-corrected chi connectivity index (χ1v) is 37.6. The van der Waals surface area contributed by atoms with E-state index in [0.29, 0.717) is 19.4 Å². The van der Waals surface area contributed by atoms with Crippen molar-refractivity contribution in [3.05, 3.63) is 24.3 Å². The molecule has 3 N–H and O–H groups in total. The molecule has 0 aromatic rings. The molecule has 2 unspecified atom stereocenters. The van der Waals surface area contributed by atoms with Crippen LogP contribution in [-0.2, 0) is 14.3 Å².